The monoisotopic (exact) mass is 144 g/mol. The third kappa shape index (κ3) is 1.57. The van der Waals surface area contributed by atoms with Crippen LogP contribution in [0.25, 0.3) is 0 Å². The number of carbonyl (C=O) groups excluding carboxylic acids is 1. The van der Waals surface area contributed by atoms with Crippen molar-refractivity contribution in [3.8, 4) is 0 Å². The summed E-state index contributed by atoms with van der Waals surface area (Å²) in [6, 6.07) is 0. The molecule has 0 saturated carbocycles. The van der Waals surface area contributed by atoms with Crippen molar-refractivity contribution in [2.24, 2.45) is 11.3 Å². The maximum Gasteiger partial charge on any atom is 0.128 e. The number of rotatable bonds is 4. The molecular formula is C8H16O2. The SMILES string of the molecule is CCC(C=O)(CO)C(C)C. The summed E-state index contributed by atoms with van der Waals surface area (Å²) in [6.45, 7) is 5.79. The Morgan fingerprint density at radius 3 is 2.10 bits per heavy atom. The molecule has 0 bridgehead atoms. The van der Waals surface area contributed by atoms with E-state index in [9.17, 15) is 4.79 Å². The van der Waals surface area contributed by atoms with Crippen LogP contribution in [0.2, 0.25) is 0 Å². The minimum absolute atomic E-state index is 0.0370. The Morgan fingerprint density at radius 1 is 1.60 bits per heavy atom. The summed E-state index contributed by atoms with van der Waals surface area (Å²) in [5.74, 6) is 0.222. The number of hydrogen-bond acceptors (Lipinski definition) is 2. The van der Waals surface area contributed by atoms with Crippen LogP contribution < -0.4 is 0 Å². The van der Waals surface area contributed by atoms with Crippen LogP contribution in [-0.4, -0.2) is 18.0 Å². The van der Waals surface area contributed by atoms with Gasteiger partial charge in [-0.2, -0.15) is 0 Å². The number of carbonyl (C=O) groups is 1. The van der Waals surface area contributed by atoms with Gasteiger partial charge in [-0.05, 0) is 12.3 Å². The predicted octanol–water partition coefficient (Wildman–Crippen LogP) is 1.23. The van der Waals surface area contributed by atoms with E-state index < -0.39 is 5.41 Å². The van der Waals surface area contributed by atoms with Crippen LogP contribution in [0.1, 0.15) is 27.2 Å². The Balaban J connectivity index is 4.30. The van der Waals surface area contributed by atoms with E-state index in [1.807, 2.05) is 20.8 Å². The molecule has 0 radical (unpaired) electrons. The standard InChI is InChI=1S/C8H16O2/c1-4-8(5-9,6-10)7(2)3/h5,7,10H,4,6H2,1-3H3. The van der Waals surface area contributed by atoms with E-state index in [4.69, 9.17) is 5.11 Å². The molecule has 0 aliphatic rings. The molecule has 0 aromatic carbocycles. The van der Waals surface area contributed by atoms with Gasteiger partial charge in [-0.1, -0.05) is 20.8 Å². The number of hydrogen-bond donors (Lipinski definition) is 1. The minimum Gasteiger partial charge on any atom is -0.395 e. The van der Waals surface area contributed by atoms with Crippen LogP contribution in [0, 0.1) is 11.3 Å². The van der Waals surface area contributed by atoms with Crippen LogP contribution in [0.3, 0.4) is 0 Å². The Kier molecular flexibility index (Phi) is 3.58. The van der Waals surface area contributed by atoms with Gasteiger partial charge in [-0.3, -0.25) is 0 Å². The van der Waals surface area contributed by atoms with Crippen LogP contribution in [0.15, 0.2) is 0 Å². The number of aliphatic hydroxyl groups is 1. The van der Waals surface area contributed by atoms with Crippen molar-refractivity contribution < 1.29 is 9.90 Å². The zero-order valence-corrected chi connectivity index (χ0v) is 6.92. The van der Waals surface area contributed by atoms with Gasteiger partial charge in [0, 0.05) is 0 Å². The number of aliphatic hydroxyl groups excluding tert-OH is 1. The average molecular weight is 144 g/mol. The summed E-state index contributed by atoms with van der Waals surface area (Å²) < 4.78 is 0. The van der Waals surface area contributed by atoms with E-state index in [0.717, 1.165) is 6.29 Å². The first-order valence-corrected chi connectivity index (χ1v) is 3.70. The quantitative estimate of drug-likeness (QED) is 0.602. The van der Waals surface area contributed by atoms with Crippen molar-refractivity contribution in [2.45, 2.75) is 27.2 Å². The van der Waals surface area contributed by atoms with E-state index >= 15 is 0 Å². The second kappa shape index (κ2) is 3.71. The molecule has 1 N–H and O–H groups in total. The molecule has 0 aliphatic heterocycles. The molecule has 0 heterocycles. The first-order chi connectivity index (χ1) is 4.63. The van der Waals surface area contributed by atoms with E-state index in [1.165, 1.54) is 0 Å². The topological polar surface area (TPSA) is 37.3 Å². The van der Waals surface area contributed by atoms with Crippen molar-refractivity contribution in [2.75, 3.05) is 6.61 Å². The van der Waals surface area contributed by atoms with Crippen molar-refractivity contribution in [1.82, 2.24) is 0 Å². The highest BCUT2D eigenvalue weighted by atomic mass is 16.3. The second-order valence-corrected chi connectivity index (χ2v) is 3.02. The minimum atomic E-state index is -0.500. The van der Waals surface area contributed by atoms with Crippen molar-refractivity contribution in [3.63, 3.8) is 0 Å². The highest BCUT2D eigenvalue weighted by molar-refractivity contribution is 5.59. The lowest BCUT2D eigenvalue weighted by atomic mass is 9.77. The summed E-state index contributed by atoms with van der Waals surface area (Å²) in [4.78, 5) is 10.6. The predicted molar refractivity (Wildman–Crippen MR) is 40.7 cm³/mol. The third-order valence-electron chi connectivity index (χ3n) is 2.34. The van der Waals surface area contributed by atoms with E-state index in [2.05, 4.69) is 0 Å². The van der Waals surface area contributed by atoms with Gasteiger partial charge >= 0.3 is 0 Å². The summed E-state index contributed by atoms with van der Waals surface area (Å²) in [5.41, 5.74) is -0.500. The summed E-state index contributed by atoms with van der Waals surface area (Å²) in [5, 5.41) is 8.92. The van der Waals surface area contributed by atoms with E-state index in [0.29, 0.717) is 6.42 Å². The van der Waals surface area contributed by atoms with Crippen LogP contribution in [0.5, 0.6) is 0 Å². The fourth-order valence-corrected chi connectivity index (χ4v) is 0.959. The molecule has 0 aromatic rings. The fraction of sp³-hybridized carbons (Fsp3) is 0.875. The molecule has 0 amide bonds. The molecule has 1 atom stereocenters. The molecule has 0 rings (SSSR count). The Labute approximate surface area is 62.2 Å². The Hall–Kier alpha value is -0.370. The summed E-state index contributed by atoms with van der Waals surface area (Å²) in [6.07, 6.45) is 1.59. The van der Waals surface area contributed by atoms with E-state index in [1.54, 1.807) is 0 Å². The van der Waals surface area contributed by atoms with E-state index in [-0.39, 0.29) is 12.5 Å². The van der Waals surface area contributed by atoms with Gasteiger partial charge in [0.1, 0.15) is 6.29 Å². The highest BCUT2D eigenvalue weighted by Crippen LogP contribution is 2.27. The van der Waals surface area contributed by atoms with Gasteiger partial charge in [-0.25, -0.2) is 0 Å². The van der Waals surface area contributed by atoms with Crippen LogP contribution >= 0.6 is 0 Å². The second-order valence-electron chi connectivity index (χ2n) is 3.02. The Morgan fingerprint density at radius 2 is 2.10 bits per heavy atom. The van der Waals surface area contributed by atoms with Crippen LogP contribution in [0.4, 0.5) is 0 Å². The van der Waals surface area contributed by atoms with Gasteiger partial charge in [0.25, 0.3) is 0 Å². The maximum absolute atomic E-state index is 10.6. The zero-order valence-electron chi connectivity index (χ0n) is 6.92. The molecule has 0 spiro atoms. The van der Waals surface area contributed by atoms with Gasteiger partial charge in [0.15, 0.2) is 0 Å². The van der Waals surface area contributed by atoms with Gasteiger partial charge < -0.3 is 9.90 Å². The lowest BCUT2D eigenvalue weighted by Crippen LogP contribution is -2.32. The normalized spacial score (nSPS) is 16.9. The molecule has 60 valence electrons. The Bertz CT molecular complexity index is 104. The molecule has 2 heteroatoms. The zero-order chi connectivity index (χ0) is 8.20. The highest BCUT2D eigenvalue weighted by Gasteiger charge is 2.30. The first-order valence-electron chi connectivity index (χ1n) is 3.70. The lowest BCUT2D eigenvalue weighted by Gasteiger charge is -2.27. The number of aldehydes is 1. The van der Waals surface area contributed by atoms with Gasteiger partial charge in [-0.15, -0.1) is 0 Å². The molecule has 0 aromatic heterocycles. The average Bonchev–Trinajstić information content (AvgIpc) is 1.92. The van der Waals surface area contributed by atoms with Crippen molar-refractivity contribution >= 4 is 6.29 Å². The van der Waals surface area contributed by atoms with Gasteiger partial charge in [0.05, 0.1) is 12.0 Å². The third-order valence-corrected chi connectivity index (χ3v) is 2.34. The molecule has 10 heavy (non-hydrogen) atoms. The molecule has 1 unspecified atom stereocenters. The van der Waals surface area contributed by atoms with Gasteiger partial charge in [0.2, 0.25) is 0 Å². The fourth-order valence-electron chi connectivity index (χ4n) is 0.959. The molecule has 2 nitrogen and oxygen atoms in total. The summed E-state index contributed by atoms with van der Waals surface area (Å²) >= 11 is 0. The van der Waals surface area contributed by atoms with Crippen molar-refractivity contribution in [1.29, 1.82) is 0 Å². The van der Waals surface area contributed by atoms with Crippen molar-refractivity contribution in [3.05, 3.63) is 0 Å². The first kappa shape index (κ1) is 9.63. The summed E-state index contributed by atoms with van der Waals surface area (Å²) in [7, 11) is 0. The largest absolute Gasteiger partial charge is 0.395 e. The maximum atomic E-state index is 10.6. The smallest absolute Gasteiger partial charge is 0.128 e. The van der Waals surface area contributed by atoms with Crippen LogP contribution in [-0.2, 0) is 4.79 Å². The lowest BCUT2D eigenvalue weighted by molar-refractivity contribution is -0.121. The molecule has 0 fully saturated rings. The molecule has 0 saturated heterocycles. The molecular weight excluding hydrogens is 128 g/mol. The molecule has 0 aliphatic carbocycles.